The zero-order valence-electron chi connectivity index (χ0n) is 16.1. The molecule has 0 heterocycles. The predicted octanol–water partition coefficient (Wildman–Crippen LogP) is 5.13. The average molecular weight is 423 g/mol. The van der Waals surface area contributed by atoms with Gasteiger partial charge in [0.25, 0.3) is 5.69 Å². The fourth-order valence-corrected chi connectivity index (χ4v) is 5.87. The Bertz CT molecular complexity index is 654. The summed E-state index contributed by atoms with van der Waals surface area (Å²) in [7, 11) is -6.88. The first-order valence-corrected chi connectivity index (χ1v) is 12.2. The van der Waals surface area contributed by atoms with Crippen LogP contribution in [0.5, 0.6) is 0 Å². The van der Waals surface area contributed by atoms with Gasteiger partial charge in [-0.2, -0.15) is 0 Å². The van der Waals surface area contributed by atoms with Gasteiger partial charge in [-0.1, -0.05) is 6.07 Å². The highest BCUT2D eigenvalue weighted by atomic mass is 31.2. The molecule has 0 unspecified atom stereocenters. The Balaban J connectivity index is 3.25. The number of benzene rings is 1. The second-order valence-corrected chi connectivity index (χ2v) is 9.58. The lowest BCUT2D eigenvalue weighted by Gasteiger charge is -2.19. The lowest BCUT2D eigenvalue weighted by atomic mass is 10.1. The molecule has 0 aliphatic carbocycles. The summed E-state index contributed by atoms with van der Waals surface area (Å²) in [6, 6.07) is 4.20. The molecule has 0 saturated carbocycles. The number of nitro benzene ring substituents is 1. The molecule has 11 heteroatoms. The molecule has 27 heavy (non-hydrogen) atoms. The van der Waals surface area contributed by atoms with Gasteiger partial charge >= 0.3 is 15.2 Å². The summed E-state index contributed by atoms with van der Waals surface area (Å²) in [5.74, 6) is 0. The quantitative estimate of drug-likeness (QED) is 0.244. The smallest absolute Gasteiger partial charge is 0.309 e. The Morgan fingerprint density at radius 1 is 0.778 bits per heavy atom. The van der Waals surface area contributed by atoms with Crippen LogP contribution in [0.15, 0.2) is 18.2 Å². The number of hydrogen-bond acceptors (Lipinski definition) is 8. The highest BCUT2D eigenvalue weighted by Crippen LogP contribution is 2.53. The minimum Gasteiger partial charge on any atom is -0.309 e. The molecule has 0 aliphatic rings. The molecule has 0 bridgehead atoms. The highest BCUT2D eigenvalue weighted by Gasteiger charge is 2.28. The standard InChI is InChI=1S/C16H27NO8P2/c1-5-22-26(20,23-6-2)12-14-9-15(11-16(10-14)17(18)19)13-27(21,24-7-3)25-8-4/h9-11H,5-8,12-13H2,1-4H3. The van der Waals surface area contributed by atoms with Crippen LogP contribution >= 0.6 is 15.2 Å². The Labute approximate surface area is 159 Å². The van der Waals surface area contributed by atoms with E-state index in [1.54, 1.807) is 33.8 Å². The fraction of sp³-hybridized carbons (Fsp3) is 0.625. The van der Waals surface area contributed by atoms with Crippen LogP contribution < -0.4 is 0 Å². The summed E-state index contributed by atoms with van der Waals surface area (Å²) < 4.78 is 46.5. The van der Waals surface area contributed by atoms with Gasteiger partial charge in [0.05, 0.1) is 43.7 Å². The predicted molar refractivity (Wildman–Crippen MR) is 102 cm³/mol. The second-order valence-electron chi connectivity index (χ2n) is 5.47. The van der Waals surface area contributed by atoms with Crippen molar-refractivity contribution in [1.82, 2.24) is 0 Å². The van der Waals surface area contributed by atoms with E-state index in [4.69, 9.17) is 18.1 Å². The first-order valence-electron chi connectivity index (χ1n) is 8.74. The van der Waals surface area contributed by atoms with Crippen LogP contribution in [0.1, 0.15) is 38.8 Å². The molecule has 1 aromatic rings. The van der Waals surface area contributed by atoms with Crippen LogP contribution in [0.3, 0.4) is 0 Å². The first-order chi connectivity index (χ1) is 12.7. The van der Waals surface area contributed by atoms with E-state index < -0.39 is 20.1 Å². The van der Waals surface area contributed by atoms with E-state index in [0.29, 0.717) is 11.1 Å². The van der Waals surface area contributed by atoms with Gasteiger partial charge in [-0.25, -0.2) is 0 Å². The molecule has 0 amide bonds. The summed E-state index contributed by atoms with van der Waals surface area (Å²) in [5, 5.41) is 11.3. The van der Waals surface area contributed by atoms with Gasteiger partial charge in [0.1, 0.15) is 0 Å². The fourth-order valence-electron chi connectivity index (χ4n) is 2.52. The van der Waals surface area contributed by atoms with Crippen LogP contribution in [0.2, 0.25) is 0 Å². The van der Waals surface area contributed by atoms with E-state index in [1.165, 1.54) is 12.1 Å². The maximum Gasteiger partial charge on any atom is 0.335 e. The van der Waals surface area contributed by atoms with Gasteiger partial charge in [0.15, 0.2) is 0 Å². The molecule has 0 aromatic heterocycles. The van der Waals surface area contributed by atoms with Crippen LogP contribution in [0, 0.1) is 10.1 Å². The molecule has 9 nitrogen and oxygen atoms in total. The number of nitro groups is 1. The SMILES string of the molecule is CCOP(=O)(Cc1cc(CP(=O)(OCC)OCC)cc([N+](=O)[O-])c1)OCC. The Kier molecular flexibility index (Phi) is 9.81. The molecule has 0 saturated heterocycles. The molecule has 0 fully saturated rings. The van der Waals surface area contributed by atoms with Crippen molar-refractivity contribution in [2.45, 2.75) is 40.0 Å². The molecule has 0 radical (unpaired) electrons. The topological polar surface area (TPSA) is 114 Å². The van der Waals surface area contributed by atoms with Crippen LogP contribution in [0.4, 0.5) is 5.69 Å². The number of hydrogen-bond donors (Lipinski definition) is 0. The average Bonchev–Trinajstić information content (AvgIpc) is 2.54. The van der Waals surface area contributed by atoms with E-state index in [2.05, 4.69) is 0 Å². The normalized spacial score (nSPS) is 12.3. The summed E-state index contributed by atoms with van der Waals surface area (Å²) in [6.45, 7) is 7.48. The van der Waals surface area contributed by atoms with E-state index in [-0.39, 0.29) is 44.4 Å². The monoisotopic (exact) mass is 423 g/mol. The number of nitrogens with zero attached hydrogens (tertiary/aromatic N) is 1. The summed E-state index contributed by atoms with van der Waals surface area (Å²) >= 11 is 0. The zero-order chi connectivity index (χ0) is 20.5. The largest absolute Gasteiger partial charge is 0.335 e. The van der Waals surface area contributed by atoms with Crippen molar-refractivity contribution in [3.8, 4) is 0 Å². The van der Waals surface area contributed by atoms with Gasteiger partial charge in [-0.05, 0) is 38.8 Å². The summed E-state index contributed by atoms with van der Waals surface area (Å²) in [4.78, 5) is 10.7. The Morgan fingerprint density at radius 3 is 1.37 bits per heavy atom. The molecular formula is C16H27NO8P2. The van der Waals surface area contributed by atoms with Crippen LogP contribution in [-0.2, 0) is 39.5 Å². The first kappa shape index (κ1) is 24.0. The van der Waals surface area contributed by atoms with E-state index >= 15 is 0 Å². The third-order valence-electron chi connectivity index (χ3n) is 3.30. The van der Waals surface area contributed by atoms with Gasteiger partial charge in [-0.3, -0.25) is 19.2 Å². The Hall–Kier alpha value is -1.08. The van der Waals surface area contributed by atoms with Crippen LogP contribution in [0.25, 0.3) is 0 Å². The minimum absolute atomic E-state index is 0.128. The van der Waals surface area contributed by atoms with Gasteiger partial charge in [0, 0.05) is 12.1 Å². The second kappa shape index (κ2) is 11.1. The summed E-state index contributed by atoms with van der Waals surface area (Å²) in [6.07, 6.45) is -0.256. The lowest BCUT2D eigenvalue weighted by molar-refractivity contribution is -0.385. The lowest BCUT2D eigenvalue weighted by Crippen LogP contribution is -2.03. The number of non-ortho nitro benzene ring substituents is 1. The molecule has 0 spiro atoms. The van der Waals surface area contributed by atoms with Crippen LogP contribution in [-0.4, -0.2) is 31.4 Å². The van der Waals surface area contributed by atoms with Gasteiger partial charge < -0.3 is 18.1 Å². The van der Waals surface area contributed by atoms with Crippen molar-refractivity contribution in [2.75, 3.05) is 26.4 Å². The van der Waals surface area contributed by atoms with Crippen molar-refractivity contribution in [2.24, 2.45) is 0 Å². The van der Waals surface area contributed by atoms with E-state index in [1.807, 2.05) is 0 Å². The summed E-state index contributed by atoms with van der Waals surface area (Å²) in [5.41, 5.74) is 0.578. The van der Waals surface area contributed by atoms with Gasteiger partial charge in [0.2, 0.25) is 0 Å². The molecule has 0 aliphatic heterocycles. The maximum absolute atomic E-state index is 12.7. The molecule has 1 aromatic carbocycles. The van der Waals surface area contributed by atoms with Crippen molar-refractivity contribution in [3.63, 3.8) is 0 Å². The van der Waals surface area contributed by atoms with Crippen molar-refractivity contribution in [1.29, 1.82) is 0 Å². The minimum atomic E-state index is -3.44. The highest BCUT2D eigenvalue weighted by molar-refractivity contribution is 7.53. The van der Waals surface area contributed by atoms with Crippen molar-refractivity contribution in [3.05, 3.63) is 39.4 Å². The third kappa shape index (κ3) is 7.82. The van der Waals surface area contributed by atoms with Gasteiger partial charge in [-0.15, -0.1) is 0 Å². The third-order valence-corrected chi connectivity index (χ3v) is 7.42. The zero-order valence-corrected chi connectivity index (χ0v) is 17.9. The molecule has 0 N–H and O–H groups in total. The maximum atomic E-state index is 12.7. The molecule has 1 rings (SSSR count). The molecule has 0 atom stereocenters. The van der Waals surface area contributed by atoms with Crippen molar-refractivity contribution >= 4 is 20.9 Å². The van der Waals surface area contributed by atoms with Crippen molar-refractivity contribution < 1.29 is 32.1 Å². The van der Waals surface area contributed by atoms with E-state index in [0.717, 1.165) is 0 Å². The Morgan fingerprint density at radius 2 is 1.11 bits per heavy atom. The number of rotatable bonds is 13. The molecule has 154 valence electrons. The molecular weight excluding hydrogens is 396 g/mol. The van der Waals surface area contributed by atoms with E-state index in [9.17, 15) is 19.2 Å².